The molecule has 0 bridgehead atoms. The number of carbonyl (C=O) groups excluding carboxylic acids is 1. The van der Waals surface area contributed by atoms with E-state index in [1.807, 2.05) is 30.3 Å². The number of benzene rings is 2. The molecule has 0 fully saturated rings. The lowest BCUT2D eigenvalue weighted by atomic mass is 10.0. The van der Waals surface area contributed by atoms with Gasteiger partial charge in [-0.25, -0.2) is 4.79 Å². The summed E-state index contributed by atoms with van der Waals surface area (Å²) in [5.74, 6) is 0.479. The van der Waals surface area contributed by atoms with Crippen LogP contribution >= 0.6 is 0 Å². The smallest absolute Gasteiger partial charge is 0.328 e. The highest BCUT2D eigenvalue weighted by molar-refractivity contribution is 6.01. The maximum Gasteiger partial charge on any atom is 0.328 e. The second kappa shape index (κ2) is 7.90. The molecule has 0 heterocycles. The van der Waals surface area contributed by atoms with Gasteiger partial charge < -0.3 is 5.11 Å². The first-order valence-corrected chi connectivity index (χ1v) is 6.67. The van der Waals surface area contributed by atoms with E-state index < -0.39 is 12.0 Å². The molecule has 2 N–H and O–H groups in total. The summed E-state index contributed by atoms with van der Waals surface area (Å²) in [7, 11) is 0. The van der Waals surface area contributed by atoms with Crippen LogP contribution in [0.4, 0.5) is 0 Å². The SMILES string of the molecule is O=C=C(c1ccccc1)[C@H](NOCc1ccccc1)C(=O)O. The number of hydroxylamine groups is 1. The highest BCUT2D eigenvalue weighted by Crippen LogP contribution is 2.16. The Morgan fingerprint density at radius 1 is 1.09 bits per heavy atom. The maximum absolute atomic E-state index is 11.4. The highest BCUT2D eigenvalue weighted by Gasteiger charge is 2.25. The van der Waals surface area contributed by atoms with Gasteiger partial charge >= 0.3 is 5.97 Å². The van der Waals surface area contributed by atoms with Crippen LogP contribution in [0.2, 0.25) is 0 Å². The van der Waals surface area contributed by atoms with Crippen molar-refractivity contribution in [3.8, 4) is 0 Å². The van der Waals surface area contributed by atoms with Gasteiger partial charge in [0.25, 0.3) is 0 Å². The van der Waals surface area contributed by atoms with Crippen molar-refractivity contribution >= 4 is 17.5 Å². The molecule has 0 aliphatic heterocycles. The number of hydrogen-bond donors (Lipinski definition) is 2. The van der Waals surface area contributed by atoms with Crippen LogP contribution in [0.15, 0.2) is 60.7 Å². The quantitative estimate of drug-likeness (QED) is 0.604. The fourth-order valence-corrected chi connectivity index (χ4v) is 1.92. The Bertz CT molecular complexity index is 664. The molecule has 5 heteroatoms. The molecule has 0 saturated heterocycles. The molecular formula is C17H15NO4. The lowest BCUT2D eigenvalue weighted by Crippen LogP contribution is -2.37. The summed E-state index contributed by atoms with van der Waals surface area (Å²) < 4.78 is 0. The van der Waals surface area contributed by atoms with Crippen molar-refractivity contribution in [1.29, 1.82) is 0 Å². The normalized spacial score (nSPS) is 11.5. The van der Waals surface area contributed by atoms with Crippen molar-refractivity contribution in [3.63, 3.8) is 0 Å². The Morgan fingerprint density at radius 2 is 1.68 bits per heavy atom. The monoisotopic (exact) mass is 297 g/mol. The Hall–Kier alpha value is -2.72. The van der Waals surface area contributed by atoms with Gasteiger partial charge in [0, 0.05) is 0 Å². The zero-order chi connectivity index (χ0) is 15.8. The lowest BCUT2D eigenvalue weighted by Gasteiger charge is -2.15. The van der Waals surface area contributed by atoms with E-state index in [0.29, 0.717) is 5.56 Å². The second-order valence-corrected chi connectivity index (χ2v) is 4.55. The predicted molar refractivity (Wildman–Crippen MR) is 81.3 cm³/mol. The number of nitrogens with one attached hydrogen (secondary N) is 1. The molecule has 0 aliphatic carbocycles. The molecular weight excluding hydrogens is 282 g/mol. The largest absolute Gasteiger partial charge is 0.480 e. The van der Waals surface area contributed by atoms with Gasteiger partial charge in [-0.05, 0) is 11.1 Å². The number of carboxylic acid groups (broad SMARTS) is 1. The molecule has 112 valence electrons. The minimum Gasteiger partial charge on any atom is -0.480 e. The van der Waals surface area contributed by atoms with Crippen LogP contribution in [0, 0.1) is 0 Å². The van der Waals surface area contributed by atoms with Gasteiger partial charge in [0.15, 0.2) is 6.04 Å². The zero-order valence-electron chi connectivity index (χ0n) is 11.7. The lowest BCUT2D eigenvalue weighted by molar-refractivity contribution is -0.142. The number of hydrogen-bond acceptors (Lipinski definition) is 4. The summed E-state index contributed by atoms with van der Waals surface area (Å²) >= 11 is 0. The standard InChI is InChI=1S/C17H15NO4/c19-11-15(14-9-5-2-6-10-14)16(17(20)21)18-22-12-13-7-3-1-4-8-13/h1-10,16,18H,12H2,(H,20,21)/t16-/m0/s1. The fraction of sp³-hybridized carbons (Fsp3) is 0.118. The molecule has 0 saturated carbocycles. The number of carbonyl (C=O) groups is 1. The van der Waals surface area contributed by atoms with Gasteiger partial charge in [0.1, 0.15) is 5.94 Å². The molecule has 0 radical (unpaired) electrons. The van der Waals surface area contributed by atoms with Crippen LogP contribution in [-0.2, 0) is 21.0 Å². The van der Waals surface area contributed by atoms with Crippen molar-refractivity contribution < 1.29 is 19.5 Å². The summed E-state index contributed by atoms with van der Waals surface area (Å²) in [6.45, 7) is 0.186. The number of rotatable bonds is 7. The topological polar surface area (TPSA) is 75.6 Å². The van der Waals surface area contributed by atoms with E-state index in [1.165, 1.54) is 0 Å². The molecule has 5 nitrogen and oxygen atoms in total. The predicted octanol–water partition coefficient (Wildman–Crippen LogP) is 2.08. The molecule has 2 rings (SSSR count). The average Bonchev–Trinajstić information content (AvgIpc) is 2.56. The summed E-state index contributed by atoms with van der Waals surface area (Å²) in [6.07, 6.45) is 0. The molecule has 2 aromatic rings. The third-order valence-corrected chi connectivity index (χ3v) is 3.01. The van der Waals surface area contributed by atoms with E-state index in [4.69, 9.17) is 4.84 Å². The maximum atomic E-state index is 11.4. The van der Waals surface area contributed by atoms with E-state index in [2.05, 4.69) is 5.48 Å². The molecule has 1 atom stereocenters. The van der Waals surface area contributed by atoms with Gasteiger partial charge in [-0.1, -0.05) is 60.7 Å². The summed E-state index contributed by atoms with van der Waals surface area (Å²) in [5, 5.41) is 9.29. The second-order valence-electron chi connectivity index (χ2n) is 4.55. The van der Waals surface area contributed by atoms with Gasteiger partial charge in [-0.15, -0.1) is 0 Å². The first-order chi connectivity index (χ1) is 10.7. The van der Waals surface area contributed by atoms with Crippen LogP contribution in [-0.4, -0.2) is 23.1 Å². The minimum atomic E-state index is -1.29. The minimum absolute atomic E-state index is 0.0128. The van der Waals surface area contributed by atoms with Gasteiger partial charge in [-0.3, -0.25) is 9.63 Å². The Balaban J connectivity index is 2.06. The van der Waals surface area contributed by atoms with Crippen molar-refractivity contribution in [3.05, 3.63) is 71.8 Å². The highest BCUT2D eigenvalue weighted by atomic mass is 16.6. The van der Waals surface area contributed by atoms with Crippen LogP contribution in [0.1, 0.15) is 11.1 Å². The van der Waals surface area contributed by atoms with Crippen LogP contribution in [0.5, 0.6) is 0 Å². The number of carboxylic acids is 1. The van der Waals surface area contributed by atoms with Gasteiger partial charge in [0.05, 0.1) is 12.2 Å². The molecule has 0 aromatic heterocycles. The molecule has 0 spiro atoms. The van der Waals surface area contributed by atoms with E-state index in [0.717, 1.165) is 5.56 Å². The van der Waals surface area contributed by atoms with Crippen molar-refractivity contribution in [2.75, 3.05) is 0 Å². The van der Waals surface area contributed by atoms with Crippen molar-refractivity contribution in [1.82, 2.24) is 5.48 Å². The van der Waals surface area contributed by atoms with Crippen LogP contribution < -0.4 is 5.48 Å². The van der Waals surface area contributed by atoms with Crippen LogP contribution in [0.25, 0.3) is 5.57 Å². The molecule has 0 amide bonds. The molecule has 2 aromatic carbocycles. The van der Waals surface area contributed by atoms with Crippen molar-refractivity contribution in [2.24, 2.45) is 0 Å². The summed E-state index contributed by atoms with van der Waals surface area (Å²) in [5.41, 5.74) is 3.78. The zero-order valence-corrected chi connectivity index (χ0v) is 11.7. The van der Waals surface area contributed by atoms with E-state index in [-0.39, 0.29) is 12.2 Å². The fourth-order valence-electron chi connectivity index (χ4n) is 1.92. The Kier molecular flexibility index (Phi) is 5.63. The Morgan fingerprint density at radius 3 is 2.23 bits per heavy atom. The first-order valence-electron chi connectivity index (χ1n) is 6.67. The van der Waals surface area contributed by atoms with Crippen molar-refractivity contribution in [2.45, 2.75) is 12.6 Å². The van der Waals surface area contributed by atoms with Crippen LogP contribution in [0.3, 0.4) is 0 Å². The third kappa shape index (κ3) is 4.14. The summed E-state index contributed by atoms with van der Waals surface area (Å²) in [6, 6.07) is 16.5. The molecule has 0 unspecified atom stereocenters. The van der Waals surface area contributed by atoms with Gasteiger partial charge in [-0.2, -0.15) is 5.48 Å². The first kappa shape index (κ1) is 15.7. The average molecular weight is 297 g/mol. The van der Waals surface area contributed by atoms with E-state index in [9.17, 15) is 14.7 Å². The number of aliphatic carboxylic acids is 1. The van der Waals surface area contributed by atoms with E-state index in [1.54, 1.807) is 36.3 Å². The molecule has 22 heavy (non-hydrogen) atoms. The third-order valence-electron chi connectivity index (χ3n) is 3.01. The molecule has 0 aliphatic rings. The summed E-state index contributed by atoms with van der Waals surface area (Å²) in [4.78, 5) is 27.8. The van der Waals surface area contributed by atoms with E-state index >= 15 is 0 Å². The Labute approximate surface area is 127 Å². The van der Waals surface area contributed by atoms with Gasteiger partial charge in [0.2, 0.25) is 0 Å².